The van der Waals surface area contributed by atoms with Crippen molar-refractivity contribution in [1.29, 1.82) is 0 Å². The van der Waals surface area contributed by atoms with Crippen LogP contribution in [0.5, 0.6) is 0 Å². The maximum Gasteiger partial charge on any atom is 0.269 e. The first-order valence-corrected chi connectivity index (χ1v) is 5.99. The highest BCUT2D eigenvalue weighted by atomic mass is 16.6. The molecule has 0 heterocycles. The molecule has 5 heteroatoms. The van der Waals surface area contributed by atoms with Crippen molar-refractivity contribution in [3.8, 4) is 0 Å². The van der Waals surface area contributed by atoms with Crippen molar-refractivity contribution in [3.63, 3.8) is 0 Å². The predicted molar refractivity (Wildman–Crippen MR) is 70.3 cm³/mol. The van der Waals surface area contributed by atoms with Gasteiger partial charge in [0.1, 0.15) is 0 Å². The van der Waals surface area contributed by atoms with Gasteiger partial charge in [-0.05, 0) is 18.4 Å². The van der Waals surface area contributed by atoms with Gasteiger partial charge in [0, 0.05) is 25.2 Å². The Morgan fingerprint density at radius 3 is 2.39 bits per heavy atom. The molecule has 1 unspecified atom stereocenters. The molecule has 5 nitrogen and oxygen atoms in total. The summed E-state index contributed by atoms with van der Waals surface area (Å²) in [5, 5.41) is 23.7. The second kappa shape index (κ2) is 5.93. The molecule has 2 N–H and O–H groups in total. The molecular formula is C13H20N2O3. The fourth-order valence-electron chi connectivity index (χ4n) is 1.40. The molecule has 18 heavy (non-hydrogen) atoms. The van der Waals surface area contributed by atoms with Gasteiger partial charge in [-0.25, -0.2) is 0 Å². The highest BCUT2D eigenvalue weighted by molar-refractivity contribution is 5.32. The third kappa shape index (κ3) is 4.09. The Balaban J connectivity index is 2.47. The molecular weight excluding hydrogens is 232 g/mol. The van der Waals surface area contributed by atoms with Crippen LogP contribution in [0.2, 0.25) is 0 Å². The Morgan fingerprint density at radius 1 is 1.39 bits per heavy atom. The van der Waals surface area contributed by atoms with Crippen LogP contribution in [0.3, 0.4) is 0 Å². The van der Waals surface area contributed by atoms with Crippen molar-refractivity contribution >= 4 is 5.69 Å². The van der Waals surface area contributed by atoms with Crippen LogP contribution in [0.15, 0.2) is 24.3 Å². The molecule has 1 rings (SSSR count). The second-order valence-electron chi connectivity index (χ2n) is 5.04. The van der Waals surface area contributed by atoms with Crippen molar-refractivity contribution in [2.75, 3.05) is 6.54 Å². The summed E-state index contributed by atoms with van der Waals surface area (Å²) in [6, 6.07) is 6.40. The molecule has 0 saturated carbocycles. The van der Waals surface area contributed by atoms with Crippen LogP contribution in [-0.4, -0.2) is 22.2 Å². The molecule has 0 bridgehead atoms. The lowest BCUT2D eigenvalue weighted by molar-refractivity contribution is -0.384. The summed E-state index contributed by atoms with van der Waals surface area (Å²) >= 11 is 0. The summed E-state index contributed by atoms with van der Waals surface area (Å²) in [7, 11) is 0. The van der Waals surface area contributed by atoms with Crippen LogP contribution in [0.25, 0.3) is 0 Å². The molecule has 0 aliphatic heterocycles. The standard InChI is InChI=1S/C13H20N2O3/c1-10(2)13(3,16)9-14-8-11-4-6-12(7-5-11)15(17)18/h4-7,10,14,16H,8-9H2,1-3H3. The second-order valence-corrected chi connectivity index (χ2v) is 5.04. The number of rotatable bonds is 6. The molecule has 0 aliphatic rings. The highest BCUT2D eigenvalue weighted by Crippen LogP contribution is 2.15. The van der Waals surface area contributed by atoms with Gasteiger partial charge in [0.15, 0.2) is 0 Å². The van der Waals surface area contributed by atoms with E-state index in [4.69, 9.17) is 0 Å². The van der Waals surface area contributed by atoms with Crippen LogP contribution < -0.4 is 5.32 Å². The zero-order valence-electron chi connectivity index (χ0n) is 11.0. The van der Waals surface area contributed by atoms with E-state index in [1.54, 1.807) is 19.1 Å². The van der Waals surface area contributed by atoms with E-state index in [-0.39, 0.29) is 11.6 Å². The number of benzene rings is 1. The van der Waals surface area contributed by atoms with E-state index in [0.717, 1.165) is 5.56 Å². The largest absolute Gasteiger partial charge is 0.389 e. The Bertz CT molecular complexity index is 399. The minimum Gasteiger partial charge on any atom is -0.389 e. The zero-order chi connectivity index (χ0) is 13.8. The molecule has 0 radical (unpaired) electrons. The fraction of sp³-hybridized carbons (Fsp3) is 0.538. The van der Waals surface area contributed by atoms with Crippen LogP contribution >= 0.6 is 0 Å². The van der Waals surface area contributed by atoms with Crippen molar-refractivity contribution < 1.29 is 10.0 Å². The van der Waals surface area contributed by atoms with E-state index in [9.17, 15) is 15.2 Å². The van der Waals surface area contributed by atoms with Gasteiger partial charge >= 0.3 is 0 Å². The Kier molecular flexibility index (Phi) is 4.81. The van der Waals surface area contributed by atoms with E-state index >= 15 is 0 Å². The van der Waals surface area contributed by atoms with Gasteiger partial charge in [-0.1, -0.05) is 26.0 Å². The Morgan fingerprint density at radius 2 is 1.94 bits per heavy atom. The van der Waals surface area contributed by atoms with E-state index in [0.29, 0.717) is 13.1 Å². The SMILES string of the molecule is CC(C)C(C)(O)CNCc1ccc([N+](=O)[O-])cc1. The van der Waals surface area contributed by atoms with Gasteiger partial charge in [-0.15, -0.1) is 0 Å². The molecule has 0 amide bonds. The lowest BCUT2D eigenvalue weighted by Gasteiger charge is -2.28. The first kappa shape index (κ1) is 14.6. The van der Waals surface area contributed by atoms with Gasteiger partial charge in [-0.3, -0.25) is 10.1 Å². The number of nitro groups is 1. The third-order valence-corrected chi connectivity index (χ3v) is 3.20. The van der Waals surface area contributed by atoms with Crippen molar-refractivity contribution in [2.45, 2.75) is 32.9 Å². The predicted octanol–water partition coefficient (Wildman–Crippen LogP) is 2.09. The van der Waals surface area contributed by atoms with E-state index in [2.05, 4.69) is 5.32 Å². The van der Waals surface area contributed by atoms with Crippen molar-refractivity contribution in [1.82, 2.24) is 5.32 Å². The molecule has 0 spiro atoms. The number of nitrogens with one attached hydrogen (secondary N) is 1. The van der Waals surface area contributed by atoms with Gasteiger partial charge < -0.3 is 10.4 Å². The van der Waals surface area contributed by atoms with Gasteiger partial charge in [-0.2, -0.15) is 0 Å². The lowest BCUT2D eigenvalue weighted by Crippen LogP contribution is -2.41. The molecule has 100 valence electrons. The fourth-order valence-corrected chi connectivity index (χ4v) is 1.40. The molecule has 0 fully saturated rings. The molecule has 1 aromatic rings. The Labute approximate surface area is 107 Å². The summed E-state index contributed by atoms with van der Waals surface area (Å²) in [6.45, 7) is 6.80. The van der Waals surface area contributed by atoms with Gasteiger partial charge in [0.2, 0.25) is 0 Å². The van der Waals surface area contributed by atoms with Crippen LogP contribution in [-0.2, 0) is 6.54 Å². The quantitative estimate of drug-likeness (QED) is 0.600. The average Bonchev–Trinajstić information content (AvgIpc) is 2.29. The lowest BCUT2D eigenvalue weighted by atomic mass is 9.92. The summed E-state index contributed by atoms with van der Waals surface area (Å²) in [5.41, 5.74) is 0.300. The van der Waals surface area contributed by atoms with E-state index in [1.807, 2.05) is 13.8 Å². The number of hydrogen-bond donors (Lipinski definition) is 2. The first-order valence-electron chi connectivity index (χ1n) is 5.99. The summed E-state index contributed by atoms with van der Waals surface area (Å²) in [5.74, 6) is 0.168. The van der Waals surface area contributed by atoms with Crippen LogP contribution in [0.1, 0.15) is 26.3 Å². The topological polar surface area (TPSA) is 75.4 Å². The molecule has 0 aliphatic carbocycles. The minimum atomic E-state index is -0.749. The van der Waals surface area contributed by atoms with Gasteiger partial charge in [0.25, 0.3) is 5.69 Å². The average molecular weight is 252 g/mol. The molecule has 0 saturated heterocycles. The van der Waals surface area contributed by atoms with Crippen LogP contribution in [0.4, 0.5) is 5.69 Å². The first-order chi connectivity index (χ1) is 8.33. The number of aliphatic hydroxyl groups is 1. The molecule has 1 aromatic carbocycles. The normalized spacial score (nSPS) is 14.5. The monoisotopic (exact) mass is 252 g/mol. The summed E-state index contributed by atoms with van der Waals surface area (Å²) in [6.07, 6.45) is 0. The van der Waals surface area contributed by atoms with Gasteiger partial charge in [0.05, 0.1) is 10.5 Å². The zero-order valence-corrected chi connectivity index (χ0v) is 11.0. The molecule has 1 atom stereocenters. The number of hydrogen-bond acceptors (Lipinski definition) is 4. The summed E-state index contributed by atoms with van der Waals surface area (Å²) < 4.78 is 0. The van der Waals surface area contributed by atoms with Crippen LogP contribution in [0, 0.1) is 16.0 Å². The third-order valence-electron chi connectivity index (χ3n) is 3.20. The number of nitrogens with zero attached hydrogens (tertiary/aromatic N) is 1. The highest BCUT2D eigenvalue weighted by Gasteiger charge is 2.23. The van der Waals surface area contributed by atoms with Crippen molar-refractivity contribution in [3.05, 3.63) is 39.9 Å². The smallest absolute Gasteiger partial charge is 0.269 e. The van der Waals surface area contributed by atoms with E-state index < -0.39 is 10.5 Å². The van der Waals surface area contributed by atoms with E-state index in [1.165, 1.54) is 12.1 Å². The number of non-ortho nitro benzene ring substituents is 1. The maximum absolute atomic E-state index is 10.5. The minimum absolute atomic E-state index is 0.0907. The molecule has 0 aromatic heterocycles. The summed E-state index contributed by atoms with van der Waals surface area (Å²) in [4.78, 5) is 10.1. The Hall–Kier alpha value is -1.46. The maximum atomic E-state index is 10.5. The number of nitro benzene ring substituents is 1. The van der Waals surface area contributed by atoms with Crippen molar-refractivity contribution in [2.24, 2.45) is 5.92 Å².